The number of halogens is 3. The van der Waals surface area contributed by atoms with E-state index in [1.807, 2.05) is 11.8 Å². The molecule has 0 aromatic carbocycles. The number of β-amino-alcohol motifs (C(OH)–C–C–N with tert-alkyl or cyclic N) is 1. The van der Waals surface area contributed by atoms with Gasteiger partial charge in [0.1, 0.15) is 6.54 Å². The second-order valence-corrected chi connectivity index (χ2v) is 7.45. The molecule has 0 bridgehead atoms. The van der Waals surface area contributed by atoms with Gasteiger partial charge in [-0.3, -0.25) is 0 Å². The molecule has 1 unspecified atom stereocenters. The Morgan fingerprint density at radius 3 is 2.24 bits per heavy atom. The molecule has 5 nitrogen and oxygen atoms in total. The SMILES string of the molecule is CCC(O)CN1CCC(N(CC(F)(F)F)S(C)(=O)=O)CC1. The Balaban J connectivity index is 2.64. The molecule has 21 heavy (non-hydrogen) atoms. The van der Waals surface area contributed by atoms with E-state index in [0.29, 0.717) is 43.2 Å². The van der Waals surface area contributed by atoms with Gasteiger partial charge in [0.25, 0.3) is 0 Å². The van der Waals surface area contributed by atoms with E-state index in [4.69, 9.17) is 0 Å². The number of aliphatic hydroxyl groups is 1. The number of aliphatic hydroxyl groups excluding tert-OH is 1. The minimum atomic E-state index is -4.54. The maximum Gasteiger partial charge on any atom is 0.402 e. The van der Waals surface area contributed by atoms with Crippen molar-refractivity contribution in [2.45, 2.75) is 44.5 Å². The first-order valence-electron chi connectivity index (χ1n) is 6.97. The van der Waals surface area contributed by atoms with E-state index in [1.165, 1.54) is 0 Å². The van der Waals surface area contributed by atoms with Crippen molar-refractivity contribution in [3.63, 3.8) is 0 Å². The summed E-state index contributed by atoms with van der Waals surface area (Å²) >= 11 is 0. The minimum absolute atomic E-state index is 0.347. The first-order chi connectivity index (χ1) is 9.53. The molecule has 0 aromatic heterocycles. The molecule has 126 valence electrons. The van der Waals surface area contributed by atoms with Gasteiger partial charge in [-0.05, 0) is 32.4 Å². The van der Waals surface area contributed by atoms with Crippen LogP contribution in [0.25, 0.3) is 0 Å². The highest BCUT2D eigenvalue weighted by atomic mass is 32.2. The zero-order chi connectivity index (χ0) is 16.3. The van der Waals surface area contributed by atoms with Gasteiger partial charge in [0.05, 0.1) is 12.4 Å². The molecule has 1 aliphatic rings. The number of hydrogen-bond acceptors (Lipinski definition) is 4. The number of likely N-dealkylation sites (tertiary alicyclic amines) is 1. The third-order valence-corrected chi connectivity index (χ3v) is 4.94. The monoisotopic (exact) mass is 332 g/mol. The van der Waals surface area contributed by atoms with Crippen LogP contribution >= 0.6 is 0 Å². The summed E-state index contributed by atoms with van der Waals surface area (Å²) in [6.45, 7) is 1.87. The highest BCUT2D eigenvalue weighted by molar-refractivity contribution is 7.88. The third-order valence-electron chi connectivity index (χ3n) is 3.67. The highest BCUT2D eigenvalue weighted by Gasteiger charge is 2.39. The molecule has 9 heteroatoms. The van der Waals surface area contributed by atoms with Gasteiger partial charge in [-0.1, -0.05) is 6.92 Å². The second-order valence-electron chi connectivity index (χ2n) is 5.52. The van der Waals surface area contributed by atoms with E-state index in [1.54, 1.807) is 0 Å². The second kappa shape index (κ2) is 7.26. The Hall–Kier alpha value is -0.380. The van der Waals surface area contributed by atoms with Gasteiger partial charge in [-0.2, -0.15) is 17.5 Å². The molecule has 0 aliphatic carbocycles. The van der Waals surface area contributed by atoms with Gasteiger partial charge >= 0.3 is 6.18 Å². The lowest BCUT2D eigenvalue weighted by Crippen LogP contribution is -2.50. The van der Waals surface area contributed by atoms with Crippen molar-refractivity contribution in [3.8, 4) is 0 Å². The van der Waals surface area contributed by atoms with Gasteiger partial charge in [0.2, 0.25) is 10.0 Å². The molecule has 1 rings (SSSR count). The third kappa shape index (κ3) is 6.50. The lowest BCUT2D eigenvalue weighted by Gasteiger charge is -2.38. The fraction of sp³-hybridized carbons (Fsp3) is 1.00. The van der Waals surface area contributed by atoms with E-state index in [0.717, 1.165) is 6.26 Å². The topological polar surface area (TPSA) is 60.9 Å². The summed E-state index contributed by atoms with van der Waals surface area (Å²) in [6, 6.07) is -0.628. The summed E-state index contributed by atoms with van der Waals surface area (Å²) in [5.74, 6) is 0. The maximum absolute atomic E-state index is 12.5. The van der Waals surface area contributed by atoms with Crippen LogP contribution in [0.3, 0.4) is 0 Å². The van der Waals surface area contributed by atoms with Crippen molar-refractivity contribution in [2.24, 2.45) is 0 Å². The minimum Gasteiger partial charge on any atom is -0.392 e. The van der Waals surface area contributed by atoms with Crippen molar-refractivity contribution >= 4 is 10.0 Å². The summed E-state index contributed by atoms with van der Waals surface area (Å²) in [5.41, 5.74) is 0. The van der Waals surface area contributed by atoms with Crippen LogP contribution in [0.15, 0.2) is 0 Å². The molecular formula is C12H23F3N2O3S. The molecule has 1 saturated heterocycles. The van der Waals surface area contributed by atoms with Crippen LogP contribution in [-0.4, -0.2) is 73.5 Å². The Kier molecular flexibility index (Phi) is 6.45. The number of hydrogen-bond donors (Lipinski definition) is 1. The molecule has 1 fully saturated rings. The van der Waals surface area contributed by atoms with Crippen LogP contribution in [0.1, 0.15) is 26.2 Å². The number of sulfonamides is 1. The van der Waals surface area contributed by atoms with Crippen molar-refractivity contribution < 1.29 is 26.7 Å². The first kappa shape index (κ1) is 18.7. The molecule has 0 amide bonds. The zero-order valence-corrected chi connectivity index (χ0v) is 13.1. The molecule has 0 saturated carbocycles. The van der Waals surface area contributed by atoms with Crippen molar-refractivity contribution in [2.75, 3.05) is 32.4 Å². The highest BCUT2D eigenvalue weighted by Crippen LogP contribution is 2.25. The van der Waals surface area contributed by atoms with Crippen molar-refractivity contribution in [1.29, 1.82) is 0 Å². The predicted octanol–water partition coefficient (Wildman–Crippen LogP) is 1.05. The molecular weight excluding hydrogens is 309 g/mol. The zero-order valence-electron chi connectivity index (χ0n) is 12.3. The van der Waals surface area contributed by atoms with Gasteiger partial charge in [0.15, 0.2) is 0 Å². The Bertz CT molecular complexity index is 420. The molecule has 1 heterocycles. The molecule has 1 atom stereocenters. The fourth-order valence-corrected chi connectivity index (χ4v) is 3.64. The van der Waals surface area contributed by atoms with Gasteiger partial charge in [0, 0.05) is 12.6 Å². The Morgan fingerprint density at radius 2 is 1.86 bits per heavy atom. The largest absolute Gasteiger partial charge is 0.402 e. The van der Waals surface area contributed by atoms with E-state index < -0.39 is 34.9 Å². The van der Waals surface area contributed by atoms with E-state index >= 15 is 0 Å². The normalized spacial score (nSPS) is 20.9. The van der Waals surface area contributed by atoms with Crippen LogP contribution in [0.5, 0.6) is 0 Å². The summed E-state index contributed by atoms with van der Waals surface area (Å²) in [5, 5.41) is 9.57. The van der Waals surface area contributed by atoms with Crippen LogP contribution in [0.4, 0.5) is 13.2 Å². The number of piperidine rings is 1. The number of nitrogens with zero attached hydrogens (tertiary/aromatic N) is 2. The average molecular weight is 332 g/mol. The van der Waals surface area contributed by atoms with Gasteiger partial charge in [-0.25, -0.2) is 8.42 Å². The maximum atomic E-state index is 12.5. The molecule has 1 aliphatic heterocycles. The van der Waals surface area contributed by atoms with Crippen LogP contribution < -0.4 is 0 Å². The van der Waals surface area contributed by atoms with Crippen LogP contribution in [-0.2, 0) is 10.0 Å². The standard InChI is InChI=1S/C12H23F3N2O3S/c1-3-11(18)8-16-6-4-10(5-7-16)17(21(2,19)20)9-12(13,14)15/h10-11,18H,3-9H2,1-2H3. The quantitative estimate of drug-likeness (QED) is 0.790. The summed E-state index contributed by atoms with van der Waals surface area (Å²) in [6.07, 6.45) is -2.88. The predicted molar refractivity (Wildman–Crippen MR) is 73.4 cm³/mol. The summed E-state index contributed by atoms with van der Waals surface area (Å²) in [4.78, 5) is 1.96. The van der Waals surface area contributed by atoms with Gasteiger partial charge < -0.3 is 10.0 Å². The van der Waals surface area contributed by atoms with E-state index in [2.05, 4.69) is 0 Å². The smallest absolute Gasteiger partial charge is 0.392 e. The molecule has 0 spiro atoms. The van der Waals surface area contributed by atoms with E-state index in [-0.39, 0.29) is 0 Å². The number of alkyl halides is 3. The summed E-state index contributed by atoms with van der Waals surface area (Å²) < 4.78 is 61.3. The van der Waals surface area contributed by atoms with Crippen LogP contribution in [0, 0.1) is 0 Å². The molecule has 0 aromatic rings. The van der Waals surface area contributed by atoms with Gasteiger partial charge in [-0.15, -0.1) is 0 Å². The Morgan fingerprint density at radius 1 is 1.33 bits per heavy atom. The fourth-order valence-electron chi connectivity index (χ4n) is 2.51. The number of rotatable bonds is 6. The lowest BCUT2D eigenvalue weighted by molar-refractivity contribution is -0.140. The average Bonchev–Trinajstić information content (AvgIpc) is 2.34. The molecule has 0 radical (unpaired) electrons. The van der Waals surface area contributed by atoms with Crippen molar-refractivity contribution in [3.05, 3.63) is 0 Å². The van der Waals surface area contributed by atoms with Crippen LogP contribution in [0.2, 0.25) is 0 Å². The molecule has 1 N–H and O–H groups in total. The van der Waals surface area contributed by atoms with E-state index in [9.17, 15) is 26.7 Å². The first-order valence-corrected chi connectivity index (χ1v) is 8.81. The summed E-state index contributed by atoms with van der Waals surface area (Å²) in [7, 11) is -3.90. The lowest BCUT2D eigenvalue weighted by atomic mass is 10.0. The Labute approximate surface area is 123 Å². The van der Waals surface area contributed by atoms with Crippen molar-refractivity contribution in [1.82, 2.24) is 9.21 Å².